The van der Waals surface area contributed by atoms with Crippen molar-refractivity contribution in [3.8, 4) is 23.0 Å². The Morgan fingerprint density at radius 3 is 2.42 bits per heavy atom. The van der Waals surface area contributed by atoms with E-state index in [0.717, 1.165) is 11.4 Å². The van der Waals surface area contributed by atoms with E-state index in [9.17, 15) is 9.59 Å². The normalized spacial score (nSPS) is 16.9. The second kappa shape index (κ2) is 9.12. The third kappa shape index (κ3) is 4.85. The molecule has 8 nitrogen and oxygen atoms in total. The summed E-state index contributed by atoms with van der Waals surface area (Å²) in [5.41, 5.74) is 1.35. The Morgan fingerprint density at radius 2 is 1.64 bits per heavy atom. The van der Waals surface area contributed by atoms with E-state index in [-0.39, 0.29) is 24.4 Å². The molecular formula is C25H23N3O5. The number of para-hydroxylation sites is 1. The van der Waals surface area contributed by atoms with Crippen molar-refractivity contribution in [1.82, 2.24) is 5.32 Å². The molecule has 1 saturated heterocycles. The molecule has 2 heterocycles. The van der Waals surface area contributed by atoms with Crippen molar-refractivity contribution < 1.29 is 23.8 Å². The van der Waals surface area contributed by atoms with Gasteiger partial charge in [0.1, 0.15) is 24.7 Å². The lowest BCUT2D eigenvalue weighted by molar-refractivity contribution is -0.117. The zero-order chi connectivity index (χ0) is 22.6. The van der Waals surface area contributed by atoms with Crippen LogP contribution in [0.4, 0.5) is 16.2 Å². The van der Waals surface area contributed by atoms with Crippen LogP contribution in [0.1, 0.15) is 6.42 Å². The molecule has 1 unspecified atom stereocenters. The van der Waals surface area contributed by atoms with Crippen molar-refractivity contribution in [3.05, 3.63) is 72.8 Å². The van der Waals surface area contributed by atoms with Gasteiger partial charge in [-0.2, -0.15) is 0 Å². The topological polar surface area (TPSA) is 89.1 Å². The molecule has 0 radical (unpaired) electrons. The average molecular weight is 445 g/mol. The minimum absolute atomic E-state index is 0.0561. The Morgan fingerprint density at radius 1 is 0.909 bits per heavy atom. The number of urea groups is 1. The summed E-state index contributed by atoms with van der Waals surface area (Å²) in [6.07, 6.45) is 0.228. The molecule has 0 saturated carbocycles. The number of fused-ring (bicyclic) bond motifs is 1. The first-order chi connectivity index (χ1) is 16.1. The summed E-state index contributed by atoms with van der Waals surface area (Å²) in [6.45, 7) is 1.38. The number of nitrogens with zero attached hydrogens (tertiary/aromatic N) is 1. The first kappa shape index (κ1) is 20.7. The predicted molar refractivity (Wildman–Crippen MR) is 123 cm³/mol. The number of hydrogen-bond donors (Lipinski definition) is 2. The number of carbonyl (C=O) groups excluding carboxylic acids is 2. The van der Waals surface area contributed by atoms with Crippen LogP contribution in [0.5, 0.6) is 23.0 Å². The van der Waals surface area contributed by atoms with E-state index in [0.29, 0.717) is 42.7 Å². The lowest BCUT2D eigenvalue weighted by Gasteiger charge is -2.22. The standard InChI is InChI=1S/C25H23N3O5/c29-24-14-18(16-28(24)19-8-11-22-23(15-19)32-13-12-31-22)27-25(30)26-17-6-9-21(10-7-17)33-20-4-2-1-3-5-20/h1-11,15,18H,12-14,16H2,(H2,26,27,30). The van der Waals surface area contributed by atoms with Crippen molar-refractivity contribution in [2.75, 3.05) is 30.0 Å². The lowest BCUT2D eigenvalue weighted by Crippen LogP contribution is -2.39. The fraction of sp³-hybridized carbons (Fsp3) is 0.200. The monoisotopic (exact) mass is 445 g/mol. The van der Waals surface area contributed by atoms with Crippen molar-refractivity contribution in [3.63, 3.8) is 0 Å². The Hall–Kier alpha value is -4.20. The molecule has 0 spiro atoms. The van der Waals surface area contributed by atoms with Crippen molar-refractivity contribution in [2.24, 2.45) is 0 Å². The summed E-state index contributed by atoms with van der Waals surface area (Å²) < 4.78 is 16.9. The van der Waals surface area contributed by atoms with Gasteiger partial charge in [-0.1, -0.05) is 18.2 Å². The van der Waals surface area contributed by atoms with Crippen LogP contribution in [0.3, 0.4) is 0 Å². The number of nitrogens with one attached hydrogen (secondary N) is 2. The number of benzene rings is 3. The highest BCUT2D eigenvalue weighted by Crippen LogP contribution is 2.35. The summed E-state index contributed by atoms with van der Waals surface area (Å²) in [5, 5.41) is 5.67. The smallest absolute Gasteiger partial charge is 0.319 e. The second-order valence-corrected chi connectivity index (χ2v) is 7.77. The highest BCUT2D eigenvalue weighted by Gasteiger charge is 2.32. The summed E-state index contributed by atoms with van der Waals surface area (Å²) in [5.74, 6) is 2.65. The Kier molecular flexibility index (Phi) is 5.72. The van der Waals surface area contributed by atoms with Gasteiger partial charge in [0.15, 0.2) is 11.5 Å². The zero-order valence-corrected chi connectivity index (χ0v) is 17.8. The van der Waals surface area contributed by atoms with Gasteiger partial charge in [-0.05, 0) is 48.5 Å². The van der Waals surface area contributed by atoms with Crippen LogP contribution in [-0.2, 0) is 4.79 Å². The van der Waals surface area contributed by atoms with Crippen LogP contribution in [0, 0.1) is 0 Å². The van der Waals surface area contributed by atoms with Crippen LogP contribution in [0.25, 0.3) is 0 Å². The van der Waals surface area contributed by atoms with Crippen LogP contribution < -0.4 is 29.7 Å². The first-order valence-electron chi connectivity index (χ1n) is 10.7. The van der Waals surface area contributed by atoms with E-state index in [1.807, 2.05) is 36.4 Å². The van der Waals surface area contributed by atoms with E-state index in [1.165, 1.54) is 0 Å². The number of rotatable bonds is 5. The number of anilines is 2. The van der Waals surface area contributed by atoms with Crippen LogP contribution in [-0.4, -0.2) is 37.7 Å². The molecule has 1 fully saturated rings. The molecule has 1 atom stereocenters. The van der Waals surface area contributed by atoms with Gasteiger partial charge in [-0.15, -0.1) is 0 Å². The molecule has 0 bridgehead atoms. The average Bonchev–Trinajstić information content (AvgIpc) is 3.20. The van der Waals surface area contributed by atoms with Gasteiger partial charge in [0.2, 0.25) is 5.91 Å². The van der Waals surface area contributed by atoms with Gasteiger partial charge < -0.3 is 29.7 Å². The lowest BCUT2D eigenvalue weighted by atomic mass is 10.2. The third-order valence-corrected chi connectivity index (χ3v) is 5.39. The van der Waals surface area contributed by atoms with Crippen LogP contribution in [0.15, 0.2) is 72.8 Å². The van der Waals surface area contributed by atoms with E-state index >= 15 is 0 Å². The number of carbonyl (C=O) groups is 2. The molecule has 5 rings (SSSR count). The Balaban J connectivity index is 1.16. The van der Waals surface area contributed by atoms with Crippen LogP contribution in [0.2, 0.25) is 0 Å². The van der Waals surface area contributed by atoms with E-state index in [4.69, 9.17) is 14.2 Å². The van der Waals surface area contributed by atoms with Gasteiger partial charge in [0, 0.05) is 30.4 Å². The largest absolute Gasteiger partial charge is 0.486 e. The molecule has 3 aromatic carbocycles. The summed E-state index contributed by atoms with van der Waals surface area (Å²) in [6, 6.07) is 21.3. The minimum atomic E-state index is -0.367. The van der Waals surface area contributed by atoms with E-state index in [2.05, 4.69) is 10.6 Å². The van der Waals surface area contributed by atoms with Crippen molar-refractivity contribution in [1.29, 1.82) is 0 Å². The maximum Gasteiger partial charge on any atom is 0.319 e. The van der Waals surface area contributed by atoms with Crippen molar-refractivity contribution in [2.45, 2.75) is 12.5 Å². The zero-order valence-electron chi connectivity index (χ0n) is 17.8. The number of hydrogen-bond acceptors (Lipinski definition) is 5. The maximum absolute atomic E-state index is 12.5. The van der Waals surface area contributed by atoms with E-state index < -0.39 is 0 Å². The highest BCUT2D eigenvalue weighted by molar-refractivity contribution is 5.98. The maximum atomic E-state index is 12.5. The molecule has 2 aliphatic heterocycles. The molecule has 8 heteroatoms. The highest BCUT2D eigenvalue weighted by atomic mass is 16.6. The first-order valence-corrected chi connectivity index (χ1v) is 10.7. The molecule has 2 aliphatic rings. The fourth-order valence-corrected chi connectivity index (χ4v) is 3.84. The van der Waals surface area contributed by atoms with Crippen molar-refractivity contribution >= 4 is 23.3 Å². The molecule has 33 heavy (non-hydrogen) atoms. The molecule has 168 valence electrons. The SMILES string of the molecule is O=C(Nc1ccc(Oc2ccccc2)cc1)NC1CC(=O)N(c2ccc3c(c2)OCCO3)C1. The van der Waals surface area contributed by atoms with Gasteiger partial charge in [0.25, 0.3) is 0 Å². The van der Waals surface area contributed by atoms with E-state index in [1.54, 1.807) is 41.3 Å². The molecule has 3 amide bonds. The Labute approximate surface area is 191 Å². The molecule has 0 aromatic heterocycles. The molecule has 2 N–H and O–H groups in total. The number of amides is 3. The molecular weight excluding hydrogens is 422 g/mol. The fourth-order valence-electron chi connectivity index (χ4n) is 3.84. The van der Waals surface area contributed by atoms with Gasteiger partial charge in [0.05, 0.1) is 6.04 Å². The quantitative estimate of drug-likeness (QED) is 0.615. The van der Waals surface area contributed by atoms with Gasteiger partial charge in [-0.3, -0.25) is 4.79 Å². The summed E-state index contributed by atoms with van der Waals surface area (Å²) in [7, 11) is 0. The predicted octanol–water partition coefficient (Wildman–Crippen LogP) is 4.18. The van der Waals surface area contributed by atoms with Gasteiger partial charge in [-0.25, -0.2) is 4.79 Å². The third-order valence-electron chi connectivity index (χ3n) is 5.39. The number of ether oxygens (including phenoxy) is 3. The second-order valence-electron chi connectivity index (χ2n) is 7.77. The van der Waals surface area contributed by atoms with Gasteiger partial charge >= 0.3 is 6.03 Å². The molecule has 0 aliphatic carbocycles. The Bertz CT molecular complexity index is 1150. The van der Waals surface area contributed by atoms with Crippen LogP contribution >= 0.6 is 0 Å². The summed E-state index contributed by atoms with van der Waals surface area (Å²) >= 11 is 0. The summed E-state index contributed by atoms with van der Waals surface area (Å²) in [4.78, 5) is 26.7. The minimum Gasteiger partial charge on any atom is -0.486 e. The molecule has 3 aromatic rings.